The van der Waals surface area contributed by atoms with Crippen molar-refractivity contribution in [2.24, 2.45) is 0 Å². The Bertz CT molecular complexity index is 1210. The lowest BCUT2D eigenvalue weighted by Gasteiger charge is -2.22. The fraction of sp³-hybridized carbons (Fsp3) is 0.273. The first-order valence-corrected chi connectivity index (χ1v) is 10.3. The molecule has 0 aliphatic carbocycles. The third-order valence-electron chi connectivity index (χ3n) is 4.72. The minimum atomic E-state index is -1.08. The van der Waals surface area contributed by atoms with Crippen LogP contribution >= 0.6 is 11.6 Å². The Kier molecular flexibility index (Phi) is 7.62. The van der Waals surface area contributed by atoms with Crippen molar-refractivity contribution in [1.29, 1.82) is 0 Å². The number of nitro groups is 1. The van der Waals surface area contributed by atoms with Gasteiger partial charge in [0.05, 0.1) is 11.5 Å². The van der Waals surface area contributed by atoms with Crippen LogP contribution in [-0.4, -0.2) is 43.7 Å². The van der Waals surface area contributed by atoms with Crippen molar-refractivity contribution in [3.63, 3.8) is 0 Å². The van der Waals surface area contributed by atoms with Gasteiger partial charge >= 0.3 is 11.8 Å². The van der Waals surface area contributed by atoms with Crippen molar-refractivity contribution in [3.8, 4) is 0 Å². The monoisotopic (exact) mass is 478 g/mol. The number of nitrogens with zero attached hydrogens (tertiary/aromatic N) is 2. The first kappa shape index (κ1) is 24.1. The van der Waals surface area contributed by atoms with Gasteiger partial charge in [0.15, 0.2) is 5.76 Å². The van der Waals surface area contributed by atoms with Crippen LogP contribution in [-0.2, 0) is 9.47 Å². The van der Waals surface area contributed by atoms with E-state index in [4.69, 9.17) is 25.5 Å². The zero-order valence-corrected chi connectivity index (χ0v) is 18.6. The lowest BCUT2D eigenvalue weighted by molar-refractivity contribution is -0.387. The second-order valence-corrected chi connectivity index (χ2v) is 7.31. The fourth-order valence-electron chi connectivity index (χ4n) is 3.27. The second kappa shape index (κ2) is 10.4. The molecule has 3 aromatic rings. The Morgan fingerprint density at radius 1 is 1.24 bits per heavy atom. The quantitative estimate of drug-likeness (QED) is 0.176. The highest BCUT2D eigenvalue weighted by molar-refractivity contribution is 6.31. The molecule has 0 spiro atoms. The third-order valence-corrected chi connectivity index (χ3v) is 4.96. The number of fused-ring (bicyclic) bond motifs is 1. The number of ether oxygens (including phenoxy) is 2. The molecule has 9 nitrogen and oxygen atoms in total. The van der Waals surface area contributed by atoms with Gasteiger partial charge < -0.3 is 13.9 Å². The van der Waals surface area contributed by atoms with Crippen molar-refractivity contribution < 1.29 is 32.8 Å². The van der Waals surface area contributed by atoms with Crippen molar-refractivity contribution >= 4 is 45.8 Å². The van der Waals surface area contributed by atoms with Gasteiger partial charge in [0, 0.05) is 42.3 Å². The summed E-state index contributed by atoms with van der Waals surface area (Å²) in [6.45, 7) is 2.18. The molecule has 0 saturated heterocycles. The molecule has 3 rings (SSSR count). The number of nitro benzene ring substituents is 1. The average Bonchev–Trinajstić information content (AvgIpc) is 3.14. The van der Waals surface area contributed by atoms with Gasteiger partial charge in [-0.05, 0) is 43.7 Å². The number of hydrogen-bond acceptors (Lipinski definition) is 7. The molecule has 1 heterocycles. The van der Waals surface area contributed by atoms with Crippen molar-refractivity contribution in [1.82, 2.24) is 0 Å². The number of amides is 1. The summed E-state index contributed by atoms with van der Waals surface area (Å²) < 4.78 is 29.8. The van der Waals surface area contributed by atoms with Crippen molar-refractivity contribution in [3.05, 3.63) is 68.7 Å². The average molecular weight is 479 g/mol. The molecule has 174 valence electrons. The van der Waals surface area contributed by atoms with E-state index in [-0.39, 0.29) is 35.7 Å². The van der Waals surface area contributed by atoms with Crippen LogP contribution in [0.25, 0.3) is 11.0 Å². The maximum atomic E-state index is 13.8. The molecule has 33 heavy (non-hydrogen) atoms. The topological polar surface area (TPSA) is 112 Å². The van der Waals surface area contributed by atoms with E-state index >= 15 is 0 Å². The van der Waals surface area contributed by atoms with Crippen LogP contribution in [0.15, 0.2) is 40.8 Å². The van der Waals surface area contributed by atoms with E-state index in [1.54, 1.807) is 13.0 Å². The van der Waals surface area contributed by atoms with Gasteiger partial charge in [-0.3, -0.25) is 19.8 Å². The molecule has 0 saturated carbocycles. The highest BCUT2D eigenvalue weighted by atomic mass is 35.5. The van der Waals surface area contributed by atoms with Gasteiger partial charge in [0.2, 0.25) is 11.6 Å². The summed E-state index contributed by atoms with van der Waals surface area (Å²) in [6.07, 6.45) is -0.312. The van der Waals surface area contributed by atoms with E-state index in [9.17, 15) is 24.1 Å². The molecular weight excluding hydrogens is 459 g/mol. The minimum Gasteiger partial charge on any atom is -0.450 e. The molecule has 0 fully saturated rings. The standard InChI is InChI=1S/C22H20ClFN2O7/c1-3-32-22(28)25(9-4-10-31-2)19-15-12-14(23)6-8-18(15)33-21(19)20(27)13-5-7-16(24)17(11-13)26(29)30/h5-8,11-12H,3-4,9-10H2,1-2H3. The van der Waals surface area contributed by atoms with Gasteiger partial charge in [-0.1, -0.05) is 11.6 Å². The fourth-order valence-corrected chi connectivity index (χ4v) is 3.44. The summed E-state index contributed by atoms with van der Waals surface area (Å²) in [7, 11) is 1.51. The summed E-state index contributed by atoms with van der Waals surface area (Å²) in [4.78, 5) is 37.6. The first-order valence-electron chi connectivity index (χ1n) is 9.92. The molecule has 0 radical (unpaired) electrons. The van der Waals surface area contributed by atoms with E-state index in [0.29, 0.717) is 23.4 Å². The number of ketones is 1. The van der Waals surface area contributed by atoms with Crippen LogP contribution < -0.4 is 4.90 Å². The molecule has 2 aromatic carbocycles. The number of hydrogen-bond donors (Lipinski definition) is 0. The predicted octanol–water partition coefficient (Wildman–Crippen LogP) is 5.36. The lowest BCUT2D eigenvalue weighted by Crippen LogP contribution is -2.34. The second-order valence-electron chi connectivity index (χ2n) is 6.87. The van der Waals surface area contributed by atoms with Crippen LogP contribution in [0.4, 0.5) is 20.6 Å². The van der Waals surface area contributed by atoms with Crippen LogP contribution in [0.2, 0.25) is 5.02 Å². The Labute approximate surface area is 192 Å². The maximum Gasteiger partial charge on any atom is 0.414 e. The minimum absolute atomic E-state index is 0.0869. The number of furan rings is 1. The molecule has 1 aromatic heterocycles. The van der Waals surface area contributed by atoms with Gasteiger partial charge in [-0.25, -0.2) is 4.79 Å². The molecule has 0 aliphatic rings. The smallest absolute Gasteiger partial charge is 0.414 e. The predicted molar refractivity (Wildman–Crippen MR) is 119 cm³/mol. The first-order chi connectivity index (χ1) is 15.8. The maximum absolute atomic E-state index is 13.8. The van der Waals surface area contributed by atoms with Crippen LogP contribution in [0.1, 0.15) is 29.5 Å². The number of halogens is 2. The van der Waals surface area contributed by atoms with Gasteiger partial charge in [0.1, 0.15) is 11.3 Å². The largest absolute Gasteiger partial charge is 0.450 e. The highest BCUT2D eigenvalue weighted by Gasteiger charge is 2.31. The Morgan fingerprint density at radius 3 is 2.67 bits per heavy atom. The van der Waals surface area contributed by atoms with E-state index in [0.717, 1.165) is 18.2 Å². The number of benzene rings is 2. The zero-order chi connectivity index (χ0) is 24.1. The summed E-state index contributed by atoms with van der Waals surface area (Å²) in [5, 5.41) is 11.8. The number of rotatable bonds is 9. The molecular formula is C22H20ClFN2O7. The normalized spacial score (nSPS) is 10.9. The third kappa shape index (κ3) is 5.12. The summed E-state index contributed by atoms with van der Waals surface area (Å²) in [5.41, 5.74) is -0.687. The number of anilines is 1. The van der Waals surface area contributed by atoms with Gasteiger partial charge in [-0.2, -0.15) is 4.39 Å². The van der Waals surface area contributed by atoms with E-state index in [1.165, 1.54) is 24.1 Å². The van der Waals surface area contributed by atoms with E-state index in [1.807, 2.05) is 0 Å². The van der Waals surface area contributed by atoms with Gasteiger partial charge in [-0.15, -0.1) is 0 Å². The highest BCUT2D eigenvalue weighted by Crippen LogP contribution is 2.38. The molecule has 1 amide bonds. The summed E-state index contributed by atoms with van der Waals surface area (Å²) in [5.74, 6) is -2.12. The lowest BCUT2D eigenvalue weighted by atomic mass is 10.1. The molecule has 0 atom stereocenters. The Morgan fingerprint density at radius 2 is 2.00 bits per heavy atom. The molecule has 11 heteroatoms. The number of methoxy groups -OCH3 is 1. The number of carbonyl (C=O) groups excluding carboxylic acids is 2. The Hall–Kier alpha value is -3.50. The molecule has 0 N–H and O–H groups in total. The summed E-state index contributed by atoms with van der Waals surface area (Å²) in [6, 6.07) is 7.36. The Balaban J connectivity index is 2.20. The van der Waals surface area contributed by atoms with Gasteiger partial charge in [0.25, 0.3) is 0 Å². The van der Waals surface area contributed by atoms with E-state index < -0.39 is 28.3 Å². The molecule has 0 aliphatic heterocycles. The SMILES string of the molecule is CCOC(=O)N(CCCOC)c1c(C(=O)c2ccc(F)c([N+](=O)[O-])c2)oc2ccc(Cl)cc12. The van der Waals surface area contributed by atoms with Crippen molar-refractivity contribution in [2.45, 2.75) is 13.3 Å². The van der Waals surface area contributed by atoms with Crippen LogP contribution in [0.5, 0.6) is 0 Å². The van der Waals surface area contributed by atoms with E-state index in [2.05, 4.69) is 0 Å². The molecule has 0 unspecified atom stereocenters. The van der Waals surface area contributed by atoms with Crippen LogP contribution in [0, 0.1) is 15.9 Å². The number of carbonyl (C=O) groups is 2. The zero-order valence-electron chi connectivity index (χ0n) is 17.8. The van der Waals surface area contributed by atoms with Crippen molar-refractivity contribution in [2.75, 3.05) is 31.8 Å². The molecule has 0 bridgehead atoms. The summed E-state index contributed by atoms with van der Waals surface area (Å²) >= 11 is 6.14. The van der Waals surface area contributed by atoms with Crippen LogP contribution in [0.3, 0.4) is 0 Å².